The van der Waals surface area contributed by atoms with Crippen molar-refractivity contribution >= 4 is 10.0 Å². The van der Waals surface area contributed by atoms with Gasteiger partial charge in [-0.2, -0.15) is 4.31 Å². The van der Waals surface area contributed by atoms with Gasteiger partial charge in [-0.05, 0) is 62.8 Å². The number of benzene rings is 1. The summed E-state index contributed by atoms with van der Waals surface area (Å²) in [6.45, 7) is 4.71. The first-order valence-electron chi connectivity index (χ1n) is 7.74. The SMILES string of the molecule is CC1CN(S(=O)(=O)c2ccc3c(c2)CCCC3)CC(C)O1. The maximum absolute atomic E-state index is 12.8. The lowest BCUT2D eigenvalue weighted by Gasteiger charge is -2.34. The van der Waals surface area contributed by atoms with Crippen LogP contribution in [0.25, 0.3) is 0 Å². The highest BCUT2D eigenvalue weighted by molar-refractivity contribution is 7.89. The molecule has 0 bridgehead atoms. The van der Waals surface area contributed by atoms with Gasteiger partial charge in [0.1, 0.15) is 0 Å². The van der Waals surface area contributed by atoms with E-state index in [9.17, 15) is 8.42 Å². The summed E-state index contributed by atoms with van der Waals surface area (Å²) < 4.78 is 32.9. The predicted molar refractivity (Wildman–Crippen MR) is 81.9 cm³/mol. The number of aryl methyl sites for hydroxylation is 2. The molecule has 2 unspecified atom stereocenters. The molecule has 1 heterocycles. The molecule has 0 amide bonds. The van der Waals surface area contributed by atoms with Gasteiger partial charge < -0.3 is 4.74 Å². The average molecular weight is 309 g/mol. The standard InChI is InChI=1S/C16H23NO3S/c1-12-10-17(11-13(2)20-12)21(18,19)16-8-7-14-5-3-4-6-15(14)9-16/h7-9,12-13H,3-6,10-11H2,1-2H3. The van der Waals surface area contributed by atoms with Gasteiger partial charge in [0.05, 0.1) is 17.1 Å². The largest absolute Gasteiger partial charge is 0.373 e. The van der Waals surface area contributed by atoms with Gasteiger partial charge in [0.15, 0.2) is 0 Å². The number of rotatable bonds is 2. The molecule has 1 aromatic carbocycles. The quantitative estimate of drug-likeness (QED) is 0.842. The van der Waals surface area contributed by atoms with E-state index < -0.39 is 10.0 Å². The molecule has 2 atom stereocenters. The van der Waals surface area contributed by atoms with Crippen LogP contribution in [-0.4, -0.2) is 38.0 Å². The van der Waals surface area contributed by atoms with E-state index in [2.05, 4.69) is 0 Å². The van der Waals surface area contributed by atoms with Gasteiger partial charge in [0.25, 0.3) is 0 Å². The number of morpholine rings is 1. The first-order chi connectivity index (χ1) is 9.96. The lowest BCUT2D eigenvalue weighted by atomic mass is 9.92. The molecule has 1 saturated heterocycles. The fraction of sp³-hybridized carbons (Fsp3) is 0.625. The molecule has 2 aliphatic rings. The van der Waals surface area contributed by atoms with Gasteiger partial charge in [-0.1, -0.05) is 6.07 Å². The lowest BCUT2D eigenvalue weighted by Crippen LogP contribution is -2.48. The predicted octanol–water partition coefficient (Wildman–Crippen LogP) is 2.36. The summed E-state index contributed by atoms with van der Waals surface area (Å²) in [5.74, 6) is 0. The van der Waals surface area contributed by atoms with E-state index in [1.165, 1.54) is 17.5 Å². The first kappa shape index (κ1) is 15.0. The number of hydrogen-bond donors (Lipinski definition) is 0. The zero-order valence-corrected chi connectivity index (χ0v) is 13.5. The Bertz CT molecular complexity index is 616. The minimum atomic E-state index is -3.41. The fourth-order valence-corrected chi connectivity index (χ4v) is 4.99. The molecular formula is C16H23NO3S. The van der Waals surface area contributed by atoms with E-state index in [0.29, 0.717) is 18.0 Å². The summed E-state index contributed by atoms with van der Waals surface area (Å²) in [5, 5.41) is 0. The van der Waals surface area contributed by atoms with Crippen molar-refractivity contribution in [2.75, 3.05) is 13.1 Å². The minimum absolute atomic E-state index is 0.0545. The van der Waals surface area contributed by atoms with Crippen molar-refractivity contribution in [2.24, 2.45) is 0 Å². The van der Waals surface area contributed by atoms with Crippen LogP contribution in [0.2, 0.25) is 0 Å². The molecule has 1 aliphatic heterocycles. The van der Waals surface area contributed by atoms with Crippen LogP contribution in [0.4, 0.5) is 0 Å². The van der Waals surface area contributed by atoms with Gasteiger partial charge in [0, 0.05) is 13.1 Å². The van der Waals surface area contributed by atoms with Crippen LogP contribution in [-0.2, 0) is 27.6 Å². The Labute approximate surface area is 127 Å². The second-order valence-electron chi connectivity index (χ2n) is 6.22. The number of ether oxygens (including phenoxy) is 1. The molecule has 0 saturated carbocycles. The van der Waals surface area contributed by atoms with Gasteiger partial charge in [-0.3, -0.25) is 0 Å². The monoisotopic (exact) mass is 309 g/mol. The highest BCUT2D eigenvalue weighted by Crippen LogP contribution is 2.27. The smallest absolute Gasteiger partial charge is 0.243 e. The molecule has 116 valence electrons. The van der Waals surface area contributed by atoms with Crippen LogP contribution in [0.5, 0.6) is 0 Å². The van der Waals surface area contributed by atoms with Crippen molar-refractivity contribution in [2.45, 2.75) is 56.6 Å². The van der Waals surface area contributed by atoms with Crippen molar-refractivity contribution in [1.82, 2.24) is 4.31 Å². The van der Waals surface area contributed by atoms with Gasteiger partial charge in [-0.25, -0.2) is 8.42 Å². The van der Waals surface area contributed by atoms with Crippen LogP contribution < -0.4 is 0 Å². The third-order valence-electron chi connectivity index (χ3n) is 4.34. The van der Waals surface area contributed by atoms with Crippen molar-refractivity contribution in [3.8, 4) is 0 Å². The third-order valence-corrected chi connectivity index (χ3v) is 6.17. The molecule has 1 aliphatic carbocycles. The Morgan fingerprint density at radius 3 is 2.33 bits per heavy atom. The second kappa shape index (κ2) is 5.71. The summed E-state index contributed by atoms with van der Waals surface area (Å²) in [7, 11) is -3.41. The molecule has 0 N–H and O–H groups in total. The van der Waals surface area contributed by atoms with Crippen LogP contribution in [0.15, 0.2) is 23.1 Å². The molecule has 0 aromatic heterocycles. The summed E-state index contributed by atoms with van der Waals surface area (Å²) in [5.41, 5.74) is 2.51. The molecule has 3 rings (SSSR count). The van der Waals surface area contributed by atoms with Gasteiger partial charge in [0.2, 0.25) is 10.0 Å². The molecule has 4 nitrogen and oxygen atoms in total. The summed E-state index contributed by atoms with van der Waals surface area (Å²) in [6, 6.07) is 5.65. The summed E-state index contributed by atoms with van der Waals surface area (Å²) in [6.07, 6.45) is 4.32. The number of sulfonamides is 1. The Hall–Kier alpha value is -0.910. The highest BCUT2D eigenvalue weighted by Gasteiger charge is 2.32. The van der Waals surface area contributed by atoms with E-state index >= 15 is 0 Å². The van der Waals surface area contributed by atoms with Crippen LogP contribution >= 0.6 is 0 Å². The average Bonchev–Trinajstić information content (AvgIpc) is 2.45. The van der Waals surface area contributed by atoms with Gasteiger partial charge >= 0.3 is 0 Å². The summed E-state index contributed by atoms with van der Waals surface area (Å²) >= 11 is 0. The van der Waals surface area contributed by atoms with Gasteiger partial charge in [-0.15, -0.1) is 0 Å². The third kappa shape index (κ3) is 3.00. The number of fused-ring (bicyclic) bond motifs is 1. The fourth-order valence-electron chi connectivity index (χ4n) is 3.35. The van der Waals surface area contributed by atoms with E-state index in [0.717, 1.165) is 19.3 Å². The summed E-state index contributed by atoms with van der Waals surface area (Å²) in [4.78, 5) is 0.435. The minimum Gasteiger partial charge on any atom is -0.373 e. The topological polar surface area (TPSA) is 46.6 Å². The lowest BCUT2D eigenvalue weighted by molar-refractivity contribution is -0.0440. The first-order valence-corrected chi connectivity index (χ1v) is 9.18. The van der Waals surface area contributed by atoms with Crippen molar-refractivity contribution in [1.29, 1.82) is 0 Å². The number of nitrogens with zero attached hydrogens (tertiary/aromatic N) is 1. The van der Waals surface area contributed by atoms with E-state index in [1.54, 1.807) is 10.4 Å². The Morgan fingerprint density at radius 2 is 1.67 bits per heavy atom. The maximum Gasteiger partial charge on any atom is 0.243 e. The van der Waals surface area contributed by atoms with Crippen LogP contribution in [0.3, 0.4) is 0 Å². The van der Waals surface area contributed by atoms with Crippen molar-refractivity contribution in [3.63, 3.8) is 0 Å². The highest BCUT2D eigenvalue weighted by atomic mass is 32.2. The normalized spacial score (nSPS) is 27.3. The van der Waals surface area contributed by atoms with Crippen molar-refractivity contribution in [3.05, 3.63) is 29.3 Å². The second-order valence-corrected chi connectivity index (χ2v) is 8.15. The Balaban J connectivity index is 1.91. The molecular weight excluding hydrogens is 286 g/mol. The molecule has 1 fully saturated rings. The van der Waals surface area contributed by atoms with Crippen molar-refractivity contribution < 1.29 is 13.2 Å². The molecule has 0 radical (unpaired) electrons. The zero-order valence-electron chi connectivity index (χ0n) is 12.7. The molecule has 0 spiro atoms. The molecule has 5 heteroatoms. The van der Waals surface area contributed by atoms with E-state index in [4.69, 9.17) is 4.74 Å². The van der Waals surface area contributed by atoms with E-state index in [-0.39, 0.29) is 12.2 Å². The Kier molecular flexibility index (Phi) is 4.08. The maximum atomic E-state index is 12.8. The van der Waals surface area contributed by atoms with Crippen LogP contribution in [0, 0.1) is 0 Å². The zero-order chi connectivity index (χ0) is 15.0. The van der Waals surface area contributed by atoms with Crippen LogP contribution in [0.1, 0.15) is 37.8 Å². The Morgan fingerprint density at radius 1 is 1.05 bits per heavy atom. The molecule has 1 aromatic rings. The van der Waals surface area contributed by atoms with E-state index in [1.807, 2.05) is 26.0 Å². The number of hydrogen-bond acceptors (Lipinski definition) is 3. The molecule has 21 heavy (non-hydrogen) atoms.